The van der Waals surface area contributed by atoms with Crippen LogP contribution < -0.4 is 5.32 Å². The van der Waals surface area contributed by atoms with Crippen LogP contribution in [0.1, 0.15) is 39.0 Å². The zero-order valence-corrected chi connectivity index (χ0v) is 9.02. The van der Waals surface area contributed by atoms with Crippen molar-refractivity contribution in [1.82, 2.24) is 10.2 Å². The Balaban J connectivity index is 1.86. The molecule has 0 aliphatic carbocycles. The Morgan fingerprint density at radius 3 is 2.54 bits per heavy atom. The lowest BCUT2D eigenvalue weighted by Gasteiger charge is -2.26. The average Bonchev–Trinajstić information content (AvgIpc) is 2.19. The molecule has 0 spiro atoms. The van der Waals surface area contributed by atoms with E-state index >= 15 is 0 Å². The van der Waals surface area contributed by atoms with Gasteiger partial charge in [0.1, 0.15) is 0 Å². The highest BCUT2D eigenvalue weighted by molar-refractivity contribution is 4.64. The van der Waals surface area contributed by atoms with Crippen LogP contribution in [0.2, 0.25) is 0 Å². The van der Waals surface area contributed by atoms with Crippen molar-refractivity contribution in [3.63, 3.8) is 0 Å². The van der Waals surface area contributed by atoms with Crippen LogP contribution in [0.4, 0.5) is 0 Å². The summed E-state index contributed by atoms with van der Waals surface area (Å²) in [5, 5.41) is 3.45. The molecule has 0 aromatic rings. The number of nitrogens with one attached hydrogen (secondary N) is 1. The highest BCUT2D eigenvalue weighted by Crippen LogP contribution is 2.08. The van der Waals surface area contributed by atoms with Crippen molar-refractivity contribution in [3.8, 4) is 0 Å². The Morgan fingerprint density at radius 2 is 1.85 bits per heavy atom. The summed E-state index contributed by atoms with van der Waals surface area (Å²) < 4.78 is 0. The van der Waals surface area contributed by atoms with Crippen LogP contribution in [-0.4, -0.2) is 37.6 Å². The zero-order chi connectivity index (χ0) is 9.36. The molecule has 0 bridgehead atoms. The number of hydrogen-bond acceptors (Lipinski definition) is 2. The topological polar surface area (TPSA) is 15.3 Å². The fourth-order valence-corrected chi connectivity index (χ4v) is 1.91. The first-order valence-electron chi connectivity index (χ1n) is 5.86. The Bertz CT molecular complexity index is 109. The SMILES string of the molecule is CCCNCCCN1CCCCC1. The van der Waals surface area contributed by atoms with Gasteiger partial charge < -0.3 is 10.2 Å². The van der Waals surface area contributed by atoms with E-state index in [1.807, 2.05) is 0 Å². The van der Waals surface area contributed by atoms with Crippen LogP contribution in [0.25, 0.3) is 0 Å². The van der Waals surface area contributed by atoms with Gasteiger partial charge in [0, 0.05) is 0 Å². The molecule has 2 nitrogen and oxygen atoms in total. The maximum atomic E-state index is 3.45. The molecule has 1 fully saturated rings. The summed E-state index contributed by atoms with van der Waals surface area (Å²) in [6.07, 6.45) is 6.86. The number of piperidine rings is 1. The first-order valence-corrected chi connectivity index (χ1v) is 5.86. The minimum Gasteiger partial charge on any atom is -0.317 e. The predicted molar refractivity (Wildman–Crippen MR) is 58.1 cm³/mol. The second-order valence-corrected chi connectivity index (χ2v) is 4.01. The third-order valence-corrected chi connectivity index (χ3v) is 2.70. The van der Waals surface area contributed by atoms with Crippen LogP contribution in [0, 0.1) is 0 Å². The molecule has 1 rings (SSSR count). The molecular weight excluding hydrogens is 160 g/mol. The number of rotatable bonds is 6. The minimum atomic E-state index is 1.18. The van der Waals surface area contributed by atoms with E-state index < -0.39 is 0 Å². The molecule has 1 N–H and O–H groups in total. The number of likely N-dealkylation sites (tertiary alicyclic amines) is 1. The van der Waals surface area contributed by atoms with Crippen molar-refractivity contribution in [2.45, 2.75) is 39.0 Å². The molecule has 1 aliphatic heterocycles. The van der Waals surface area contributed by atoms with E-state index in [1.54, 1.807) is 0 Å². The Morgan fingerprint density at radius 1 is 1.08 bits per heavy atom. The molecule has 0 amide bonds. The van der Waals surface area contributed by atoms with E-state index in [0.29, 0.717) is 0 Å². The zero-order valence-electron chi connectivity index (χ0n) is 9.02. The summed E-state index contributed by atoms with van der Waals surface area (Å²) in [5.41, 5.74) is 0. The van der Waals surface area contributed by atoms with Gasteiger partial charge in [0.05, 0.1) is 0 Å². The normalized spacial score (nSPS) is 19.2. The van der Waals surface area contributed by atoms with Crippen molar-refractivity contribution in [2.24, 2.45) is 0 Å². The van der Waals surface area contributed by atoms with Crippen molar-refractivity contribution in [2.75, 3.05) is 32.7 Å². The monoisotopic (exact) mass is 184 g/mol. The molecule has 1 heterocycles. The molecule has 1 aliphatic rings. The Labute approximate surface area is 82.7 Å². The molecule has 0 aromatic heterocycles. The van der Waals surface area contributed by atoms with Gasteiger partial charge in [0.25, 0.3) is 0 Å². The highest BCUT2D eigenvalue weighted by atomic mass is 15.1. The molecule has 1 saturated heterocycles. The summed E-state index contributed by atoms with van der Waals surface area (Å²) in [7, 11) is 0. The third kappa shape index (κ3) is 5.27. The quantitative estimate of drug-likeness (QED) is 0.634. The largest absolute Gasteiger partial charge is 0.317 e. The molecule has 0 unspecified atom stereocenters. The van der Waals surface area contributed by atoms with E-state index in [4.69, 9.17) is 0 Å². The summed E-state index contributed by atoms with van der Waals surface area (Å²) in [5.74, 6) is 0. The van der Waals surface area contributed by atoms with E-state index in [0.717, 1.165) is 0 Å². The first-order chi connectivity index (χ1) is 6.43. The van der Waals surface area contributed by atoms with Gasteiger partial charge in [-0.05, 0) is 58.4 Å². The lowest BCUT2D eigenvalue weighted by atomic mass is 10.1. The molecule has 0 aromatic carbocycles. The molecule has 78 valence electrons. The second kappa shape index (κ2) is 7.34. The van der Waals surface area contributed by atoms with Crippen molar-refractivity contribution in [3.05, 3.63) is 0 Å². The Kier molecular flexibility index (Phi) is 6.21. The third-order valence-electron chi connectivity index (χ3n) is 2.70. The van der Waals surface area contributed by atoms with Crippen molar-refractivity contribution >= 4 is 0 Å². The Hall–Kier alpha value is -0.0800. The van der Waals surface area contributed by atoms with Gasteiger partial charge in [-0.2, -0.15) is 0 Å². The van der Waals surface area contributed by atoms with Gasteiger partial charge in [-0.15, -0.1) is 0 Å². The molecule has 13 heavy (non-hydrogen) atoms. The first kappa shape index (κ1) is 11.0. The number of hydrogen-bond donors (Lipinski definition) is 1. The lowest BCUT2D eigenvalue weighted by Crippen LogP contribution is -2.32. The number of nitrogens with zero attached hydrogens (tertiary/aromatic N) is 1. The van der Waals surface area contributed by atoms with Gasteiger partial charge in [0.15, 0.2) is 0 Å². The molecule has 0 saturated carbocycles. The smallest absolute Gasteiger partial charge is 0.000664 e. The maximum absolute atomic E-state index is 3.45. The maximum Gasteiger partial charge on any atom is -0.000664 e. The highest BCUT2D eigenvalue weighted by Gasteiger charge is 2.08. The second-order valence-electron chi connectivity index (χ2n) is 4.01. The van der Waals surface area contributed by atoms with Crippen molar-refractivity contribution in [1.29, 1.82) is 0 Å². The molecular formula is C11H24N2. The van der Waals surface area contributed by atoms with E-state index in [1.165, 1.54) is 64.8 Å². The average molecular weight is 184 g/mol. The predicted octanol–water partition coefficient (Wildman–Crippen LogP) is 1.86. The lowest BCUT2D eigenvalue weighted by molar-refractivity contribution is 0.226. The van der Waals surface area contributed by atoms with Gasteiger partial charge in [-0.25, -0.2) is 0 Å². The molecule has 0 atom stereocenters. The standard InChI is InChI=1S/C11H24N2/c1-2-7-12-8-6-11-13-9-4-3-5-10-13/h12H,2-11H2,1H3. The molecule has 0 radical (unpaired) electrons. The van der Waals surface area contributed by atoms with Gasteiger partial charge >= 0.3 is 0 Å². The van der Waals surface area contributed by atoms with E-state index in [9.17, 15) is 0 Å². The van der Waals surface area contributed by atoms with Crippen LogP contribution >= 0.6 is 0 Å². The summed E-state index contributed by atoms with van der Waals surface area (Å²) >= 11 is 0. The van der Waals surface area contributed by atoms with Crippen LogP contribution in [-0.2, 0) is 0 Å². The van der Waals surface area contributed by atoms with Gasteiger partial charge in [-0.3, -0.25) is 0 Å². The van der Waals surface area contributed by atoms with Crippen LogP contribution in [0.3, 0.4) is 0 Å². The summed E-state index contributed by atoms with van der Waals surface area (Å²) in [4.78, 5) is 2.61. The fraction of sp³-hybridized carbons (Fsp3) is 1.00. The fourth-order valence-electron chi connectivity index (χ4n) is 1.91. The summed E-state index contributed by atoms with van der Waals surface area (Å²) in [6, 6.07) is 0. The van der Waals surface area contributed by atoms with Crippen molar-refractivity contribution < 1.29 is 0 Å². The van der Waals surface area contributed by atoms with E-state index in [-0.39, 0.29) is 0 Å². The van der Waals surface area contributed by atoms with Gasteiger partial charge in [0.2, 0.25) is 0 Å². The van der Waals surface area contributed by atoms with Crippen LogP contribution in [0.5, 0.6) is 0 Å². The minimum absolute atomic E-state index is 1.18. The van der Waals surface area contributed by atoms with E-state index in [2.05, 4.69) is 17.1 Å². The van der Waals surface area contributed by atoms with Crippen LogP contribution in [0.15, 0.2) is 0 Å². The molecule has 2 heteroatoms. The summed E-state index contributed by atoms with van der Waals surface area (Å²) in [6.45, 7) is 8.58. The van der Waals surface area contributed by atoms with Gasteiger partial charge in [-0.1, -0.05) is 13.3 Å².